The van der Waals surface area contributed by atoms with Crippen LogP contribution in [0.1, 0.15) is 25.7 Å². The van der Waals surface area contributed by atoms with Crippen molar-refractivity contribution in [2.45, 2.75) is 25.7 Å². The number of carboxylic acid groups (broad SMARTS) is 1. The molecule has 0 aromatic rings. The lowest BCUT2D eigenvalue weighted by molar-refractivity contribution is -0.142. The van der Waals surface area contributed by atoms with Gasteiger partial charge in [0.05, 0.1) is 12.5 Å². The van der Waals surface area contributed by atoms with Crippen molar-refractivity contribution in [1.82, 2.24) is 10.6 Å². The predicted molar refractivity (Wildman–Crippen MR) is 70.8 cm³/mol. The molecule has 6 nitrogen and oxygen atoms in total. The molecule has 0 spiro atoms. The Morgan fingerprint density at radius 3 is 2.84 bits per heavy atom. The molecule has 3 N–H and O–H groups in total. The Morgan fingerprint density at radius 2 is 2.16 bits per heavy atom. The zero-order valence-electron chi connectivity index (χ0n) is 11.5. The van der Waals surface area contributed by atoms with E-state index in [2.05, 4.69) is 10.6 Å². The first kappa shape index (κ1) is 15.9. The van der Waals surface area contributed by atoms with Crippen LogP contribution >= 0.6 is 0 Å². The number of carbonyl (C=O) groups excluding carboxylic acids is 1. The number of hydrogen-bond acceptors (Lipinski definition) is 4. The Labute approximate surface area is 113 Å². The fourth-order valence-electron chi connectivity index (χ4n) is 2.48. The fraction of sp³-hybridized carbons (Fsp3) is 0.846. The zero-order chi connectivity index (χ0) is 14.1. The number of carboxylic acids is 1. The van der Waals surface area contributed by atoms with Crippen LogP contribution in [0.25, 0.3) is 0 Å². The lowest BCUT2D eigenvalue weighted by Crippen LogP contribution is -2.37. The molecule has 0 radical (unpaired) electrons. The van der Waals surface area contributed by atoms with Crippen LogP contribution in [0.2, 0.25) is 0 Å². The number of rotatable bonds is 9. The summed E-state index contributed by atoms with van der Waals surface area (Å²) in [5.41, 5.74) is 0. The van der Waals surface area contributed by atoms with E-state index in [1.807, 2.05) is 0 Å². The maximum Gasteiger partial charge on any atom is 0.306 e. The Kier molecular flexibility index (Phi) is 7.43. The van der Waals surface area contributed by atoms with Crippen molar-refractivity contribution < 1.29 is 19.4 Å². The highest BCUT2D eigenvalue weighted by Crippen LogP contribution is 2.31. The van der Waals surface area contributed by atoms with Gasteiger partial charge in [0.25, 0.3) is 0 Å². The highest BCUT2D eigenvalue weighted by atomic mass is 16.5. The Balaban J connectivity index is 2.09. The van der Waals surface area contributed by atoms with E-state index in [1.165, 1.54) is 0 Å². The summed E-state index contributed by atoms with van der Waals surface area (Å²) in [6.45, 7) is 2.09. The monoisotopic (exact) mass is 272 g/mol. The summed E-state index contributed by atoms with van der Waals surface area (Å²) in [4.78, 5) is 22.5. The van der Waals surface area contributed by atoms with Crippen LogP contribution in [-0.2, 0) is 14.3 Å². The summed E-state index contributed by atoms with van der Waals surface area (Å²) in [5.74, 6) is -0.870. The molecule has 2 atom stereocenters. The molecule has 0 aliphatic heterocycles. The molecule has 19 heavy (non-hydrogen) atoms. The van der Waals surface area contributed by atoms with Crippen molar-refractivity contribution in [1.29, 1.82) is 0 Å². The van der Waals surface area contributed by atoms with Crippen LogP contribution in [0.4, 0.5) is 0 Å². The van der Waals surface area contributed by atoms with Gasteiger partial charge in [0.15, 0.2) is 0 Å². The molecule has 2 unspecified atom stereocenters. The third-order valence-electron chi connectivity index (χ3n) is 3.52. The average molecular weight is 272 g/mol. The molecule has 110 valence electrons. The van der Waals surface area contributed by atoms with E-state index in [0.717, 1.165) is 25.7 Å². The quantitative estimate of drug-likeness (QED) is 0.523. The minimum absolute atomic E-state index is 0.0547. The lowest BCUT2D eigenvalue weighted by Gasteiger charge is -2.16. The van der Waals surface area contributed by atoms with E-state index in [9.17, 15) is 9.59 Å². The van der Waals surface area contributed by atoms with Crippen LogP contribution in [0.3, 0.4) is 0 Å². The van der Waals surface area contributed by atoms with E-state index < -0.39 is 5.97 Å². The highest BCUT2D eigenvalue weighted by Gasteiger charge is 2.32. The van der Waals surface area contributed by atoms with Gasteiger partial charge in [-0.15, -0.1) is 0 Å². The van der Waals surface area contributed by atoms with E-state index >= 15 is 0 Å². The molecule has 1 fully saturated rings. The first-order chi connectivity index (χ1) is 9.15. The molecule has 1 aliphatic rings. The number of ether oxygens (including phenoxy) is 1. The molecule has 0 bridgehead atoms. The summed E-state index contributed by atoms with van der Waals surface area (Å²) in [7, 11) is 1.63. The number of aliphatic carboxylic acids is 1. The van der Waals surface area contributed by atoms with Crippen LogP contribution in [0.5, 0.6) is 0 Å². The van der Waals surface area contributed by atoms with Crippen molar-refractivity contribution in [3.05, 3.63) is 0 Å². The minimum atomic E-state index is -0.715. The molecule has 1 saturated carbocycles. The number of amides is 1. The van der Waals surface area contributed by atoms with Gasteiger partial charge in [0, 0.05) is 20.3 Å². The van der Waals surface area contributed by atoms with Crippen molar-refractivity contribution in [2.24, 2.45) is 11.8 Å². The molecule has 1 rings (SSSR count). The molecule has 6 heteroatoms. The van der Waals surface area contributed by atoms with E-state index in [1.54, 1.807) is 7.11 Å². The maximum absolute atomic E-state index is 11.5. The van der Waals surface area contributed by atoms with Gasteiger partial charge < -0.3 is 20.5 Å². The summed E-state index contributed by atoms with van der Waals surface area (Å²) in [6.07, 6.45) is 3.45. The molecular formula is C13H24N2O4. The highest BCUT2D eigenvalue weighted by molar-refractivity contribution is 5.77. The minimum Gasteiger partial charge on any atom is -0.481 e. The van der Waals surface area contributed by atoms with Gasteiger partial charge in [-0.3, -0.25) is 9.59 Å². The largest absolute Gasteiger partial charge is 0.481 e. The first-order valence-electron chi connectivity index (χ1n) is 6.84. The Bertz CT molecular complexity index is 296. The number of nitrogens with one attached hydrogen (secondary N) is 2. The predicted octanol–water partition coefficient (Wildman–Crippen LogP) is 0.230. The van der Waals surface area contributed by atoms with Gasteiger partial charge in [-0.05, 0) is 31.7 Å². The normalized spacial score (nSPS) is 22.4. The molecule has 1 amide bonds. The lowest BCUT2D eigenvalue weighted by atomic mass is 9.96. The molecule has 1 aliphatic carbocycles. The van der Waals surface area contributed by atoms with Crippen LogP contribution in [-0.4, -0.2) is 50.3 Å². The molecule has 0 heterocycles. The van der Waals surface area contributed by atoms with E-state index in [4.69, 9.17) is 9.84 Å². The summed E-state index contributed by atoms with van der Waals surface area (Å²) in [6, 6.07) is 0. The van der Waals surface area contributed by atoms with Crippen LogP contribution in [0.15, 0.2) is 0 Å². The molecule has 0 aromatic heterocycles. The standard InChI is InChI=1S/C13H24N2O4/c1-19-7-3-6-15-12(16)9-14-8-10-4-2-5-11(10)13(17)18/h10-11,14H,2-9H2,1H3,(H,15,16)(H,17,18). The third kappa shape index (κ3) is 6.02. The van der Waals surface area contributed by atoms with Gasteiger partial charge in [-0.2, -0.15) is 0 Å². The van der Waals surface area contributed by atoms with E-state index in [-0.39, 0.29) is 24.3 Å². The summed E-state index contributed by atoms with van der Waals surface area (Å²) >= 11 is 0. The summed E-state index contributed by atoms with van der Waals surface area (Å²) in [5, 5.41) is 14.9. The van der Waals surface area contributed by atoms with Crippen molar-refractivity contribution in [3.8, 4) is 0 Å². The second-order valence-corrected chi connectivity index (χ2v) is 4.96. The number of methoxy groups -OCH3 is 1. The van der Waals surface area contributed by atoms with Gasteiger partial charge in [0.2, 0.25) is 5.91 Å². The molecular weight excluding hydrogens is 248 g/mol. The van der Waals surface area contributed by atoms with E-state index in [0.29, 0.717) is 19.7 Å². The van der Waals surface area contributed by atoms with Gasteiger partial charge in [-0.25, -0.2) is 0 Å². The van der Waals surface area contributed by atoms with Crippen LogP contribution < -0.4 is 10.6 Å². The Morgan fingerprint density at radius 1 is 1.37 bits per heavy atom. The molecule has 0 saturated heterocycles. The topological polar surface area (TPSA) is 87.7 Å². The fourth-order valence-corrected chi connectivity index (χ4v) is 2.48. The number of hydrogen-bond donors (Lipinski definition) is 3. The second-order valence-electron chi connectivity index (χ2n) is 4.96. The smallest absolute Gasteiger partial charge is 0.306 e. The first-order valence-corrected chi connectivity index (χ1v) is 6.84. The second kappa shape index (κ2) is 8.87. The maximum atomic E-state index is 11.5. The average Bonchev–Trinajstić information content (AvgIpc) is 2.83. The van der Waals surface area contributed by atoms with Crippen LogP contribution in [0, 0.1) is 11.8 Å². The van der Waals surface area contributed by atoms with Crippen molar-refractivity contribution in [2.75, 3.05) is 33.4 Å². The van der Waals surface area contributed by atoms with Gasteiger partial charge in [0.1, 0.15) is 0 Å². The Hall–Kier alpha value is -1.14. The van der Waals surface area contributed by atoms with Gasteiger partial charge in [-0.1, -0.05) is 6.42 Å². The zero-order valence-corrected chi connectivity index (χ0v) is 11.5. The SMILES string of the molecule is COCCCNC(=O)CNCC1CCCC1C(=O)O. The molecule has 0 aromatic carbocycles. The van der Waals surface area contributed by atoms with Crippen molar-refractivity contribution >= 4 is 11.9 Å². The third-order valence-corrected chi connectivity index (χ3v) is 3.52. The number of carbonyl (C=O) groups is 2. The summed E-state index contributed by atoms with van der Waals surface area (Å²) < 4.78 is 4.88. The van der Waals surface area contributed by atoms with Gasteiger partial charge >= 0.3 is 5.97 Å². The van der Waals surface area contributed by atoms with Crippen molar-refractivity contribution in [3.63, 3.8) is 0 Å².